The van der Waals surface area contributed by atoms with Gasteiger partial charge in [0, 0.05) is 17.6 Å². The Hall–Kier alpha value is -1.58. The lowest BCUT2D eigenvalue weighted by Gasteiger charge is -2.08. The van der Waals surface area contributed by atoms with Gasteiger partial charge in [-0.15, -0.1) is 0 Å². The number of aliphatic carboxylic acids is 1. The van der Waals surface area contributed by atoms with Gasteiger partial charge >= 0.3 is 5.97 Å². The van der Waals surface area contributed by atoms with E-state index >= 15 is 0 Å². The highest BCUT2D eigenvalue weighted by atomic mass is 16.4. The number of hydrogen-bond acceptors (Lipinski definition) is 3. The first-order chi connectivity index (χ1) is 6.11. The number of nitrogens with zero attached hydrogens (tertiary/aromatic N) is 1. The second-order valence-electron chi connectivity index (χ2n) is 2.82. The van der Waals surface area contributed by atoms with Crippen LogP contribution in [0.15, 0.2) is 12.3 Å². The number of anilines is 1. The Morgan fingerprint density at radius 1 is 1.62 bits per heavy atom. The van der Waals surface area contributed by atoms with Gasteiger partial charge in [0.2, 0.25) is 0 Å². The molecule has 0 spiro atoms. The first-order valence-electron chi connectivity index (χ1n) is 3.99. The maximum absolute atomic E-state index is 10.3. The zero-order valence-electron chi connectivity index (χ0n) is 7.66. The summed E-state index contributed by atoms with van der Waals surface area (Å²) in [6, 6.07) is 1.77. The van der Waals surface area contributed by atoms with Crippen LogP contribution in [0, 0.1) is 13.8 Å². The normalized spacial score (nSPS) is 9.69. The molecule has 0 aliphatic carbocycles. The van der Waals surface area contributed by atoms with Crippen molar-refractivity contribution in [3.63, 3.8) is 0 Å². The number of aromatic nitrogens is 1. The maximum atomic E-state index is 10.3. The fourth-order valence-electron chi connectivity index (χ4n) is 1.00. The second-order valence-corrected chi connectivity index (χ2v) is 2.82. The Kier molecular flexibility index (Phi) is 2.84. The average Bonchev–Trinajstić information content (AvgIpc) is 2.07. The highest BCUT2D eigenvalue weighted by molar-refractivity contribution is 5.73. The molecule has 0 radical (unpaired) electrons. The molecule has 0 aliphatic heterocycles. The SMILES string of the molecule is Cc1nccc(NCC(=O)O)c1C. The van der Waals surface area contributed by atoms with Gasteiger partial charge in [-0.3, -0.25) is 9.78 Å². The topological polar surface area (TPSA) is 62.2 Å². The van der Waals surface area contributed by atoms with Crippen LogP contribution >= 0.6 is 0 Å². The first-order valence-corrected chi connectivity index (χ1v) is 3.99. The van der Waals surface area contributed by atoms with Crippen LogP contribution in [-0.2, 0) is 4.79 Å². The molecule has 2 N–H and O–H groups in total. The number of pyridine rings is 1. The molecule has 0 saturated heterocycles. The van der Waals surface area contributed by atoms with E-state index in [1.165, 1.54) is 0 Å². The van der Waals surface area contributed by atoms with Gasteiger partial charge < -0.3 is 10.4 Å². The highest BCUT2D eigenvalue weighted by Crippen LogP contribution is 2.14. The van der Waals surface area contributed by atoms with Gasteiger partial charge in [-0.05, 0) is 25.5 Å². The highest BCUT2D eigenvalue weighted by Gasteiger charge is 2.02. The Labute approximate surface area is 76.6 Å². The van der Waals surface area contributed by atoms with E-state index in [1.807, 2.05) is 13.8 Å². The van der Waals surface area contributed by atoms with E-state index in [0.717, 1.165) is 16.9 Å². The molecular formula is C9H12N2O2. The van der Waals surface area contributed by atoms with Crippen LogP contribution < -0.4 is 5.32 Å². The van der Waals surface area contributed by atoms with Crippen LogP contribution in [0.2, 0.25) is 0 Å². The summed E-state index contributed by atoms with van der Waals surface area (Å²) < 4.78 is 0. The molecule has 13 heavy (non-hydrogen) atoms. The van der Waals surface area contributed by atoms with Gasteiger partial charge in [-0.1, -0.05) is 0 Å². The number of carboxylic acids is 1. The van der Waals surface area contributed by atoms with Crippen molar-refractivity contribution in [1.29, 1.82) is 0 Å². The number of carbonyl (C=O) groups is 1. The fraction of sp³-hybridized carbons (Fsp3) is 0.333. The summed E-state index contributed by atoms with van der Waals surface area (Å²) in [6.07, 6.45) is 1.66. The summed E-state index contributed by atoms with van der Waals surface area (Å²) >= 11 is 0. The molecule has 0 bridgehead atoms. The van der Waals surface area contributed by atoms with Crippen molar-refractivity contribution in [2.45, 2.75) is 13.8 Å². The van der Waals surface area contributed by atoms with Crippen LogP contribution in [0.3, 0.4) is 0 Å². The number of aryl methyl sites for hydroxylation is 1. The monoisotopic (exact) mass is 180 g/mol. The van der Waals surface area contributed by atoms with Crippen LogP contribution in [0.1, 0.15) is 11.3 Å². The Morgan fingerprint density at radius 2 is 2.31 bits per heavy atom. The Morgan fingerprint density at radius 3 is 2.92 bits per heavy atom. The third-order valence-corrected chi connectivity index (χ3v) is 1.89. The fourth-order valence-corrected chi connectivity index (χ4v) is 1.00. The molecular weight excluding hydrogens is 168 g/mol. The molecule has 1 heterocycles. The largest absolute Gasteiger partial charge is 0.480 e. The minimum absolute atomic E-state index is 0.0652. The van der Waals surface area contributed by atoms with Crippen LogP contribution in [0.5, 0.6) is 0 Å². The summed E-state index contributed by atoms with van der Waals surface area (Å²) in [7, 11) is 0. The van der Waals surface area contributed by atoms with E-state index < -0.39 is 5.97 Å². The number of hydrogen-bond donors (Lipinski definition) is 2. The summed E-state index contributed by atoms with van der Waals surface area (Å²) in [6.45, 7) is 3.73. The van der Waals surface area contributed by atoms with E-state index in [1.54, 1.807) is 12.3 Å². The Bertz CT molecular complexity index is 323. The summed E-state index contributed by atoms with van der Waals surface area (Å²) in [5.74, 6) is -0.867. The van der Waals surface area contributed by atoms with E-state index in [-0.39, 0.29) is 6.54 Å². The molecule has 0 atom stereocenters. The predicted molar refractivity (Wildman–Crippen MR) is 49.8 cm³/mol. The lowest BCUT2D eigenvalue weighted by molar-refractivity contribution is -0.134. The summed E-state index contributed by atoms with van der Waals surface area (Å²) in [4.78, 5) is 14.4. The van der Waals surface area contributed by atoms with Crippen molar-refractivity contribution >= 4 is 11.7 Å². The summed E-state index contributed by atoms with van der Waals surface area (Å²) in [5.41, 5.74) is 2.73. The van der Waals surface area contributed by atoms with Crippen molar-refractivity contribution in [3.8, 4) is 0 Å². The lowest BCUT2D eigenvalue weighted by Crippen LogP contribution is -2.13. The summed E-state index contributed by atoms with van der Waals surface area (Å²) in [5, 5.41) is 11.3. The zero-order chi connectivity index (χ0) is 9.84. The predicted octanol–water partition coefficient (Wildman–Crippen LogP) is 1.19. The van der Waals surface area contributed by atoms with E-state index in [2.05, 4.69) is 10.3 Å². The quantitative estimate of drug-likeness (QED) is 0.733. The molecule has 1 rings (SSSR count). The first kappa shape index (κ1) is 9.51. The molecule has 0 aromatic carbocycles. The van der Waals surface area contributed by atoms with Gasteiger partial charge in [0.1, 0.15) is 6.54 Å². The lowest BCUT2D eigenvalue weighted by atomic mass is 10.2. The van der Waals surface area contributed by atoms with Crippen molar-refractivity contribution in [1.82, 2.24) is 4.98 Å². The molecule has 1 aromatic heterocycles. The van der Waals surface area contributed by atoms with Gasteiger partial charge in [0.25, 0.3) is 0 Å². The van der Waals surface area contributed by atoms with Crippen LogP contribution in [0.25, 0.3) is 0 Å². The van der Waals surface area contributed by atoms with Gasteiger partial charge in [0.15, 0.2) is 0 Å². The van der Waals surface area contributed by atoms with Crippen LogP contribution in [-0.4, -0.2) is 22.6 Å². The molecule has 0 aliphatic rings. The zero-order valence-corrected chi connectivity index (χ0v) is 7.66. The Balaban J connectivity index is 2.77. The van der Waals surface area contributed by atoms with Crippen molar-refractivity contribution in [3.05, 3.63) is 23.5 Å². The minimum atomic E-state index is -0.867. The van der Waals surface area contributed by atoms with Crippen LogP contribution in [0.4, 0.5) is 5.69 Å². The van der Waals surface area contributed by atoms with Crippen molar-refractivity contribution < 1.29 is 9.90 Å². The number of rotatable bonds is 3. The average molecular weight is 180 g/mol. The molecule has 0 amide bonds. The van der Waals surface area contributed by atoms with Gasteiger partial charge in [0.05, 0.1) is 0 Å². The molecule has 4 nitrogen and oxygen atoms in total. The van der Waals surface area contributed by atoms with Crippen molar-refractivity contribution in [2.75, 3.05) is 11.9 Å². The van der Waals surface area contributed by atoms with E-state index in [0.29, 0.717) is 0 Å². The van der Waals surface area contributed by atoms with E-state index in [9.17, 15) is 4.79 Å². The van der Waals surface area contributed by atoms with Gasteiger partial charge in [-0.2, -0.15) is 0 Å². The molecule has 0 saturated carbocycles. The molecule has 0 fully saturated rings. The standard InChI is InChI=1S/C9H12N2O2/c1-6-7(2)10-4-3-8(6)11-5-9(12)13/h3-4H,5H2,1-2H3,(H,10,11)(H,12,13). The molecule has 4 heteroatoms. The molecule has 70 valence electrons. The maximum Gasteiger partial charge on any atom is 0.322 e. The smallest absolute Gasteiger partial charge is 0.322 e. The minimum Gasteiger partial charge on any atom is -0.480 e. The third-order valence-electron chi connectivity index (χ3n) is 1.89. The third kappa shape index (κ3) is 2.43. The molecule has 1 aromatic rings. The second kappa shape index (κ2) is 3.89. The van der Waals surface area contributed by atoms with E-state index in [4.69, 9.17) is 5.11 Å². The van der Waals surface area contributed by atoms with Crippen molar-refractivity contribution in [2.24, 2.45) is 0 Å². The number of carboxylic acid groups (broad SMARTS) is 1. The molecule has 0 unspecified atom stereocenters. The number of nitrogens with one attached hydrogen (secondary N) is 1. The van der Waals surface area contributed by atoms with Gasteiger partial charge in [-0.25, -0.2) is 0 Å².